The van der Waals surface area contributed by atoms with Crippen LogP contribution in [0, 0.1) is 0 Å². The van der Waals surface area contributed by atoms with Crippen molar-refractivity contribution in [2.45, 2.75) is 329 Å². The van der Waals surface area contributed by atoms with Gasteiger partial charge in [0.05, 0.1) is 26.4 Å². The summed E-state index contributed by atoms with van der Waals surface area (Å²) in [7, 11) is -9.95. The standard InChI is InChI=1S/C77H134O17P2/c1-5-9-13-17-21-25-29-32-34-35-37-40-43-46-50-54-58-62-75(80)87-67-72(93-76(81)63-59-55-51-47-41-28-24-20-16-12-8-4)69-91-95(83,84)89-65-71(78)66-90-96(85,86)92-70-73(94-77(82)64-60-56-52-48-44-38-31-27-23-19-15-11-7-3)68-88-74(79)61-57-53-49-45-42-39-36-33-30-26-22-18-14-10-6-2/h9-10,13-14,20-22,24-26,32-34,36-37,40,71-73,78H,5-8,11-12,15-19,23,27-31,35,38-39,41-70H2,1-4H3,(H,83,84)(H,85,86)/b13-9-,14-10-,24-20-,25-21-,26-22-,34-32-,36-33-,40-37-. The van der Waals surface area contributed by atoms with Crippen molar-refractivity contribution in [3.8, 4) is 0 Å². The second-order valence-electron chi connectivity index (χ2n) is 24.8. The minimum atomic E-state index is -4.98. The zero-order chi connectivity index (χ0) is 70.4. The van der Waals surface area contributed by atoms with Crippen LogP contribution in [0.2, 0.25) is 0 Å². The smallest absolute Gasteiger partial charge is 0.462 e. The van der Waals surface area contributed by atoms with Crippen LogP contribution in [0.4, 0.5) is 0 Å². The second-order valence-corrected chi connectivity index (χ2v) is 27.7. The highest BCUT2D eigenvalue weighted by molar-refractivity contribution is 7.47. The average molecular weight is 1390 g/mol. The minimum absolute atomic E-state index is 0.0786. The van der Waals surface area contributed by atoms with E-state index in [2.05, 4.69) is 125 Å². The van der Waals surface area contributed by atoms with E-state index in [-0.39, 0.29) is 25.7 Å². The fourth-order valence-electron chi connectivity index (χ4n) is 9.85. The maximum atomic E-state index is 13.1. The fraction of sp³-hybridized carbons (Fsp3) is 0.740. The molecule has 0 aliphatic rings. The van der Waals surface area contributed by atoms with Gasteiger partial charge in [-0.15, -0.1) is 0 Å². The predicted octanol–water partition coefficient (Wildman–Crippen LogP) is 21.2. The van der Waals surface area contributed by atoms with Crippen molar-refractivity contribution < 1.29 is 80.2 Å². The van der Waals surface area contributed by atoms with Crippen LogP contribution in [-0.4, -0.2) is 96.7 Å². The monoisotopic (exact) mass is 1390 g/mol. The Labute approximate surface area is 582 Å². The Kier molecular flexibility index (Phi) is 66.6. The predicted molar refractivity (Wildman–Crippen MR) is 390 cm³/mol. The van der Waals surface area contributed by atoms with E-state index in [1.807, 2.05) is 0 Å². The number of hydrogen-bond donors (Lipinski definition) is 3. The number of aliphatic hydroxyl groups is 1. The first-order chi connectivity index (χ1) is 46.7. The van der Waals surface area contributed by atoms with Crippen molar-refractivity contribution in [1.82, 2.24) is 0 Å². The largest absolute Gasteiger partial charge is 0.472 e. The summed E-state index contributed by atoms with van der Waals surface area (Å²) in [5.74, 6) is -2.22. The Balaban J connectivity index is 5.33. The second kappa shape index (κ2) is 69.5. The number of rotatable bonds is 70. The quantitative estimate of drug-likeness (QED) is 0.0169. The lowest BCUT2D eigenvalue weighted by molar-refractivity contribution is -0.161. The van der Waals surface area contributed by atoms with Gasteiger partial charge in [0, 0.05) is 25.7 Å². The number of unbranched alkanes of at least 4 members (excludes halogenated alkanes) is 28. The third-order valence-electron chi connectivity index (χ3n) is 15.5. The molecule has 0 amide bonds. The maximum absolute atomic E-state index is 13.1. The summed E-state index contributed by atoms with van der Waals surface area (Å²) in [6.45, 7) is 4.57. The SMILES string of the molecule is CC/C=C\C/C=C\C/C=C\C/C=C\CCCCCCC(=O)OCC(COP(=O)(O)OCC(O)COP(=O)(O)OCC(COC(=O)CCCCCCC/C=C\C/C=C\C/C=C\CC)OC(=O)CCCCCCCCCCCCCCC)OC(=O)CCCCCCC/C=C\CCCC. The molecule has 0 aliphatic heterocycles. The Morgan fingerprint density at radius 1 is 0.302 bits per heavy atom. The van der Waals surface area contributed by atoms with Gasteiger partial charge in [0.15, 0.2) is 12.2 Å². The van der Waals surface area contributed by atoms with E-state index in [4.69, 9.17) is 37.0 Å². The molecule has 0 bridgehead atoms. The van der Waals surface area contributed by atoms with Crippen LogP contribution in [0.15, 0.2) is 97.2 Å². The van der Waals surface area contributed by atoms with Crippen molar-refractivity contribution in [2.24, 2.45) is 0 Å². The van der Waals surface area contributed by atoms with Crippen molar-refractivity contribution in [3.63, 3.8) is 0 Å². The number of phosphoric ester groups is 2. The Morgan fingerprint density at radius 3 is 0.875 bits per heavy atom. The molecule has 0 saturated carbocycles. The van der Waals surface area contributed by atoms with E-state index in [1.165, 1.54) is 64.2 Å². The molecule has 554 valence electrons. The van der Waals surface area contributed by atoms with Gasteiger partial charge in [0.2, 0.25) is 0 Å². The molecular weight excluding hydrogens is 1260 g/mol. The highest BCUT2D eigenvalue weighted by atomic mass is 31.2. The number of ether oxygens (including phenoxy) is 4. The molecule has 0 heterocycles. The molecule has 5 unspecified atom stereocenters. The number of hydrogen-bond acceptors (Lipinski definition) is 15. The molecule has 0 aromatic rings. The van der Waals surface area contributed by atoms with Crippen LogP contribution in [0.1, 0.15) is 310 Å². The molecule has 3 N–H and O–H groups in total. The molecule has 0 rings (SSSR count). The summed E-state index contributed by atoms with van der Waals surface area (Å²) in [5, 5.41) is 10.6. The molecule has 0 aliphatic carbocycles. The van der Waals surface area contributed by atoms with Gasteiger partial charge >= 0.3 is 39.5 Å². The lowest BCUT2D eigenvalue weighted by Gasteiger charge is -2.21. The number of allylic oxidation sites excluding steroid dienone is 16. The lowest BCUT2D eigenvalue weighted by Crippen LogP contribution is -2.30. The molecule has 0 aromatic heterocycles. The van der Waals surface area contributed by atoms with E-state index < -0.39 is 97.5 Å². The normalized spacial score (nSPS) is 14.5. The topological polar surface area (TPSA) is 237 Å². The first kappa shape index (κ1) is 92.0. The first-order valence-electron chi connectivity index (χ1n) is 37.5. The highest BCUT2D eigenvalue weighted by Gasteiger charge is 2.30. The van der Waals surface area contributed by atoms with Crippen LogP contribution in [0.25, 0.3) is 0 Å². The molecular formula is C77H134O17P2. The molecule has 0 aromatic carbocycles. The van der Waals surface area contributed by atoms with Crippen molar-refractivity contribution >= 4 is 39.5 Å². The summed E-state index contributed by atoms with van der Waals surface area (Å²) in [6, 6.07) is 0. The van der Waals surface area contributed by atoms with Crippen LogP contribution >= 0.6 is 15.6 Å². The number of phosphoric acid groups is 2. The number of esters is 4. The summed E-state index contributed by atoms with van der Waals surface area (Å²) in [6.07, 6.45) is 71.2. The summed E-state index contributed by atoms with van der Waals surface area (Å²) < 4.78 is 68.4. The Bertz CT molecular complexity index is 2200. The Morgan fingerprint density at radius 2 is 0.552 bits per heavy atom. The van der Waals surface area contributed by atoms with Crippen molar-refractivity contribution in [3.05, 3.63) is 97.2 Å². The maximum Gasteiger partial charge on any atom is 0.472 e. The number of carbonyl (C=O) groups excluding carboxylic acids is 4. The van der Waals surface area contributed by atoms with Crippen LogP contribution in [0.3, 0.4) is 0 Å². The molecule has 0 saturated heterocycles. The number of aliphatic hydroxyl groups excluding tert-OH is 1. The molecule has 96 heavy (non-hydrogen) atoms. The van der Waals surface area contributed by atoms with Gasteiger partial charge in [0.1, 0.15) is 19.3 Å². The lowest BCUT2D eigenvalue weighted by atomic mass is 10.0. The molecule has 0 fully saturated rings. The summed E-state index contributed by atoms with van der Waals surface area (Å²) in [4.78, 5) is 72.7. The van der Waals surface area contributed by atoms with Crippen molar-refractivity contribution in [1.29, 1.82) is 0 Å². The molecule has 0 radical (unpaired) electrons. The zero-order valence-corrected chi connectivity index (χ0v) is 62.1. The minimum Gasteiger partial charge on any atom is -0.462 e. The van der Waals surface area contributed by atoms with E-state index in [9.17, 15) is 43.2 Å². The van der Waals surface area contributed by atoms with E-state index >= 15 is 0 Å². The Hall–Kier alpha value is -4.02. The van der Waals surface area contributed by atoms with Gasteiger partial charge in [-0.2, -0.15) is 0 Å². The highest BCUT2D eigenvalue weighted by Crippen LogP contribution is 2.45. The van der Waals surface area contributed by atoms with Gasteiger partial charge in [0.25, 0.3) is 0 Å². The van der Waals surface area contributed by atoms with E-state index in [0.29, 0.717) is 25.7 Å². The van der Waals surface area contributed by atoms with E-state index in [0.717, 1.165) is 167 Å². The first-order valence-corrected chi connectivity index (χ1v) is 40.5. The average Bonchev–Trinajstić information content (AvgIpc) is 1.13. The van der Waals surface area contributed by atoms with Crippen LogP contribution < -0.4 is 0 Å². The molecule has 5 atom stereocenters. The van der Waals surface area contributed by atoms with E-state index in [1.54, 1.807) is 0 Å². The van der Waals surface area contributed by atoms with Gasteiger partial charge < -0.3 is 33.8 Å². The third kappa shape index (κ3) is 68.5. The van der Waals surface area contributed by atoms with Gasteiger partial charge in [-0.05, 0) is 116 Å². The van der Waals surface area contributed by atoms with Gasteiger partial charge in [-0.25, -0.2) is 9.13 Å². The fourth-order valence-corrected chi connectivity index (χ4v) is 11.4. The third-order valence-corrected chi connectivity index (χ3v) is 17.4. The van der Waals surface area contributed by atoms with Gasteiger partial charge in [-0.1, -0.05) is 266 Å². The summed E-state index contributed by atoms with van der Waals surface area (Å²) >= 11 is 0. The molecule has 0 spiro atoms. The molecule has 19 heteroatoms. The van der Waals surface area contributed by atoms with Crippen LogP contribution in [-0.2, 0) is 65.4 Å². The summed E-state index contributed by atoms with van der Waals surface area (Å²) in [5.41, 5.74) is 0. The van der Waals surface area contributed by atoms with Crippen LogP contribution in [0.5, 0.6) is 0 Å². The van der Waals surface area contributed by atoms with Gasteiger partial charge in [-0.3, -0.25) is 37.3 Å². The van der Waals surface area contributed by atoms with Crippen molar-refractivity contribution in [2.75, 3.05) is 39.6 Å². The molecule has 17 nitrogen and oxygen atoms in total. The number of carbonyl (C=O) groups is 4. The zero-order valence-electron chi connectivity index (χ0n) is 60.3.